The standard InChI is InChI=1S/C15H25N/c1-4-12-15(5-2,6-3)14(16)13-10-8-7-9-11-13/h7-11,14H,4-6,12,16H2,1-3H3. The topological polar surface area (TPSA) is 26.0 Å². The summed E-state index contributed by atoms with van der Waals surface area (Å²) in [6.07, 6.45) is 4.75. The van der Waals surface area contributed by atoms with E-state index in [-0.39, 0.29) is 11.5 Å². The lowest BCUT2D eigenvalue weighted by Crippen LogP contribution is -2.33. The van der Waals surface area contributed by atoms with E-state index in [1.165, 1.54) is 18.4 Å². The smallest absolute Gasteiger partial charge is 0.0351 e. The molecule has 0 radical (unpaired) electrons. The molecule has 16 heavy (non-hydrogen) atoms. The van der Waals surface area contributed by atoms with Crippen LogP contribution in [-0.4, -0.2) is 0 Å². The van der Waals surface area contributed by atoms with Gasteiger partial charge in [0.2, 0.25) is 0 Å². The highest BCUT2D eigenvalue weighted by Gasteiger charge is 2.33. The Morgan fingerprint density at radius 3 is 2.06 bits per heavy atom. The molecular weight excluding hydrogens is 194 g/mol. The van der Waals surface area contributed by atoms with Gasteiger partial charge in [-0.25, -0.2) is 0 Å². The SMILES string of the molecule is CCCC(CC)(CC)C(N)c1ccccc1. The van der Waals surface area contributed by atoms with Crippen molar-refractivity contribution < 1.29 is 0 Å². The highest BCUT2D eigenvalue weighted by Crippen LogP contribution is 2.42. The monoisotopic (exact) mass is 219 g/mol. The van der Waals surface area contributed by atoms with Crippen LogP contribution in [0.5, 0.6) is 0 Å². The molecule has 0 saturated heterocycles. The van der Waals surface area contributed by atoms with Gasteiger partial charge in [-0.1, -0.05) is 57.5 Å². The molecule has 0 aromatic heterocycles. The van der Waals surface area contributed by atoms with E-state index in [2.05, 4.69) is 51.1 Å². The first-order chi connectivity index (χ1) is 7.70. The molecule has 1 unspecified atom stereocenters. The summed E-state index contributed by atoms with van der Waals surface area (Å²) in [5, 5.41) is 0. The van der Waals surface area contributed by atoms with Crippen LogP contribution in [0.15, 0.2) is 30.3 Å². The van der Waals surface area contributed by atoms with Gasteiger partial charge < -0.3 is 5.73 Å². The normalized spacial score (nSPS) is 13.8. The van der Waals surface area contributed by atoms with Crippen LogP contribution in [0.25, 0.3) is 0 Å². The summed E-state index contributed by atoms with van der Waals surface area (Å²) >= 11 is 0. The van der Waals surface area contributed by atoms with Gasteiger partial charge in [0.1, 0.15) is 0 Å². The Kier molecular flexibility index (Phi) is 5.01. The van der Waals surface area contributed by atoms with Gasteiger partial charge in [0.05, 0.1) is 0 Å². The predicted molar refractivity (Wildman–Crippen MR) is 71.3 cm³/mol. The molecule has 0 aliphatic rings. The minimum absolute atomic E-state index is 0.170. The summed E-state index contributed by atoms with van der Waals surface area (Å²) in [4.78, 5) is 0. The average molecular weight is 219 g/mol. The van der Waals surface area contributed by atoms with Gasteiger partial charge in [0, 0.05) is 6.04 Å². The summed E-state index contributed by atoms with van der Waals surface area (Å²) in [5.74, 6) is 0. The number of nitrogens with two attached hydrogens (primary N) is 1. The Hall–Kier alpha value is -0.820. The fourth-order valence-electron chi connectivity index (χ4n) is 2.71. The van der Waals surface area contributed by atoms with Crippen LogP contribution in [0.2, 0.25) is 0 Å². The third kappa shape index (κ3) is 2.65. The zero-order chi connectivity index (χ0) is 12.0. The zero-order valence-corrected chi connectivity index (χ0v) is 10.9. The molecule has 90 valence electrons. The van der Waals surface area contributed by atoms with Crippen LogP contribution in [0.1, 0.15) is 58.1 Å². The Morgan fingerprint density at radius 2 is 1.62 bits per heavy atom. The third-order valence-electron chi connectivity index (χ3n) is 3.97. The molecule has 0 fully saturated rings. The molecule has 0 aliphatic heterocycles. The van der Waals surface area contributed by atoms with Crippen molar-refractivity contribution in [1.82, 2.24) is 0 Å². The van der Waals surface area contributed by atoms with Crippen LogP contribution >= 0.6 is 0 Å². The summed E-state index contributed by atoms with van der Waals surface area (Å²) in [6, 6.07) is 10.7. The number of rotatable bonds is 6. The molecule has 0 saturated carbocycles. The lowest BCUT2D eigenvalue weighted by atomic mass is 9.70. The first kappa shape index (κ1) is 13.2. The van der Waals surface area contributed by atoms with Crippen molar-refractivity contribution in [2.75, 3.05) is 0 Å². The summed E-state index contributed by atoms with van der Waals surface area (Å²) in [6.45, 7) is 6.78. The van der Waals surface area contributed by atoms with Gasteiger partial charge in [-0.15, -0.1) is 0 Å². The minimum Gasteiger partial charge on any atom is -0.323 e. The van der Waals surface area contributed by atoms with Crippen LogP contribution in [0.4, 0.5) is 0 Å². The zero-order valence-electron chi connectivity index (χ0n) is 10.9. The molecule has 0 heterocycles. The second kappa shape index (κ2) is 6.05. The Labute approximate surface area is 100 Å². The van der Waals surface area contributed by atoms with Crippen molar-refractivity contribution in [3.63, 3.8) is 0 Å². The molecule has 0 bridgehead atoms. The molecule has 1 nitrogen and oxygen atoms in total. The van der Waals surface area contributed by atoms with E-state index in [4.69, 9.17) is 5.73 Å². The van der Waals surface area contributed by atoms with Gasteiger partial charge in [0.15, 0.2) is 0 Å². The van der Waals surface area contributed by atoms with E-state index in [0.717, 1.165) is 12.8 Å². The van der Waals surface area contributed by atoms with Crippen molar-refractivity contribution in [3.8, 4) is 0 Å². The lowest BCUT2D eigenvalue weighted by molar-refractivity contribution is 0.183. The van der Waals surface area contributed by atoms with Crippen LogP contribution < -0.4 is 5.73 Å². The van der Waals surface area contributed by atoms with Crippen LogP contribution in [0, 0.1) is 5.41 Å². The Balaban J connectivity index is 2.95. The molecule has 0 aliphatic carbocycles. The molecular formula is C15H25N. The molecule has 1 heteroatoms. The van der Waals surface area contributed by atoms with E-state index in [0.29, 0.717) is 0 Å². The molecule has 1 aromatic carbocycles. The fraction of sp³-hybridized carbons (Fsp3) is 0.600. The maximum Gasteiger partial charge on any atom is 0.0351 e. The van der Waals surface area contributed by atoms with Crippen molar-refractivity contribution in [2.45, 2.75) is 52.5 Å². The number of hydrogen-bond donors (Lipinski definition) is 1. The van der Waals surface area contributed by atoms with Crippen molar-refractivity contribution in [2.24, 2.45) is 11.1 Å². The molecule has 1 atom stereocenters. The first-order valence-corrected chi connectivity index (χ1v) is 6.50. The number of benzene rings is 1. The Morgan fingerprint density at radius 1 is 1.06 bits per heavy atom. The fourth-order valence-corrected chi connectivity index (χ4v) is 2.71. The molecule has 0 amide bonds. The van der Waals surface area contributed by atoms with Gasteiger partial charge in [-0.3, -0.25) is 0 Å². The van der Waals surface area contributed by atoms with Crippen molar-refractivity contribution in [1.29, 1.82) is 0 Å². The quantitative estimate of drug-likeness (QED) is 0.758. The second-order valence-corrected chi connectivity index (χ2v) is 4.71. The maximum atomic E-state index is 6.48. The molecule has 1 aromatic rings. The van der Waals surface area contributed by atoms with Gasteiger partial charge in [-0.2, -0.15) is 0 Å². The average Bonchev–Trinajstić information content (AvgIpc) is 2.36. The van der Waals surface area contributed by atoms with E-state index >= 15 is 0 Å². The highest BCUT2D eigenvalue weighted by molar-refractivity contribution is 5.21. The summed E-state index contributed by atoms with van der Waals surface area (Å²) in [7, 11) is 0. The number of hydrogen-bond acceptors (Lipinski definition) is 1. The van der Waals surface area contributed by atoms with Gasteiger partial charge >= 0.3 is 0 Å². The molecule has 2 N–H and O–H groups in total. The maximum absolute atomic E-state index is 6.48. The minimum atomic E-state index is 0.170. The summed E-state index contributed by atoms with van der Waals surface area (Å²) < 4.78 is 0. The first-order valence-electron chi connectivity index (χ1n) is 6.50. The van der Waals surface area contributed by atoms with E-state index < -0.39 is 0 Å². The molecule has 1 rings (SSSR count). The van der Waals surface area contributed by atoms with Crippen LogP contribution in [-0.2, 0) is 0 Å². The highest BCUT2D eigenvalue weighted by atomic mass is 14.7. The van der Waals surface area contributed by atoms with E-state index in [1.54, 1.807) is 0 Å². The molecule has 0 spiro atoms. The largest absolute Gasteiger partial charge is 0.323 e. The Bertz CT molecular complexity index is 288. The van der Waals surface area contributed by atoms with E-state index in [9.17, 15) is 0 Å². The third-order valence-corrected chi connectivity index (χ3v) is 3.97. The predicted octanol–water partition coefficient (Wildman–Crippen LogP) is 4.29. The van der Waals surface area contributed by atoms with Crippen molar-refractivity contribution >= 4 is 0 Å². The van der Waals surface area contributed by atoms with E-state index in [1.807, 2.05) is 0 Å². The van der Waals surface area contributed by atoms with Gasteiger partial charge in [0.25, 0.3) is 0 Å². The second-order valence-electron chi connectivity index (χ2n) is 4.71. The summed E-state index contributed by atoms with van der Waals surface area (Å²) in [5.41, 5.74) is 8.03. The van der Waals surface area contributed by atoms with Gasteiger partial charge in [-0.05, 0) is 30.2 Å². The van der Waals surface area contributed by atoms with Crippen LogP contribution in [0.3, 0.4) is 0 Å². The lowest BCUT2D eigenvalue weighted by Gasteiger charge is -2.38. The van der Waals surface area contributed by atoms with Crippen molar-refractivity contribution in [3.05, 3.63) is 35.9 Å².